The highest BCUT2D eigenvalue weighted by molar-refractivity contribution is 7.22. The summed E-state index contributed by atoms with van der Waals surface area (Å²) >= 11 is 1.68. The SMILES string of the molecule is CCOc1cccc2sc(N3CCC(C(=O)NC4CC4)C3)nc12. The minimum Gasteiger partial charge on any atom is -0.492 e. The van der Waals surface area contributed by atoms with Crippen LogP contribution in [0.1, 0.15) is 26.2 Å². The van der Waals surface area contributed by atoms with Crippen molar-refractivity contribution in [2.45, 2.75) is 32.2 Å². The molecule has 4 rings (SSSR count). The number of nitrogens with zero attached hydrogens (tertiary/aromatic N) is 2. The normalized spacial score (nSPS) is 20.9. The average molecular weight is 331 g/mol. The predicted octanol–water partition coefficient (Wildman–Crippen LogP) is 2.80. The number of thiazole rings is 1. The zero-order valence-corrected chi connectivity index (χ0v) is 14.1. The van der Waals surface area contributed by atoms with Crippen molar-refractivity contribution >= 4 is 32.6 Å². The Morgan fingerprint density at radius 3 is 3.09 bits per heavy atom. The molecule has 2 heterocycles. The first-order valence-electron chi connectivity index (χ1n) is 8.32. The lowest BCUT2D eigenvalue weighted by Gasteiger charge is -2.14. The van der Waals surface area contributed by atoms with E-state index < -0.39 is 0 Å². The summed E-state index contributed by atoms with van der Waals surface area (Å²) in [6, 6.07) is 6.48. The number of rotatable bonds is 5. The molecule has 5 nitrogen and oxygen atoms in total. The van der Waals surface area contributed by atoms with E-state index in [9.17, 15) is 4.79 Å². The Kier molecular flexibility index (Phi) is 3.85. The molecule has 1 aromatic heterocycles. The van der Waals surface area contributed by atoms with Gasteiger partial charge in [0.1, 0.15) is 11.3 Å². The summed E-state index contributed by atoms with van der Waals surface area (Å²) in [5.74, 6) is 1.15. The Hall–Kier alpha value is -1.82. The van der Waals surface area contributed by atoms with Crippen LogP contribution in [0.2, 0.25) is 0 Å². The van der Waals surface area contributed by atoms with E-state index in [1.54, 1.807) is 11.3 Å². The smallest absolute Gasteiger partial charge is 0.225 e. The van der Waals surface area contributed by atoms with Gasteiger partial charge in [0.2, 0.25) is 5.91 Å². The number of nitrogens with one attached hydrogen (secondary N) is 1. The van der Waals surface area contributed by atoms with Gasteiger partial charge in [0.05, 0.1) is 17.2 Å². The lowest BCUT2D eigenvalue weighted by Crippen LogP contribution is -2.34. The number of amides is 1. The van der Waals surface area contributed by atoms with Crippen molar-refractivity contribution in [1.29, 1.82) is 0 Å². The summed E-state index contributed by atoms with van der Waals surface area (Å²) in [6.45, 7) is 4.28. The highest BCUT2D eigenvalue weighted by Crippen LogP contribution is 2.36. The molecule has 2 fully saturated rings. The van der Waals surface area contributed by atoms with Crippen LogP contribution in [0, 0.1) is 5.92 Å². The molecule has 1 aromatic carbocycles. The number of benzene rings is 1. The fourth-order valence-electron chi connectivity index (χ4n) is 3.01. The van der Waals surface area contributed by atoms with Gasteiger partial charge in [-0.15, -0.1) is 0 Å². The third-order valence-electron chi connectivity index (χ3n) is 4.42. The average Bonchev–Trinajstić information content (AvgIpc) is 3.06. The zero-order valence-electron chi connectivity index (χ0n) is 13.2. The molecule has 1 N–H and O–H groups in total. The number of para-hydroxylation sites is 1. The van der Waals surface area contributed by atoms with E-state index in [0.717, 1.165) is 53.4 Å². The first-order valence-corrected chi connectivity index (χ1v) is 9.14. The number of aromatic nitrogens is 1. The quantitative estimate of drug-likeness (QED) is 0.915. The lowest BCUT2D eigenvalue weighted by atomic mass is 10.1. The molecule has 0 spiro atoms. The molecule has 1 aliphatic carbocycles. The van der Waals surface area contributed by atoms with Crippen LogP contribution in [-0.2, 0) is 4.79 Å². The monoisotopic (exact) mass is 331 g/mol. The molecule has 2 aromatic rings. The van der Waals surface area contributed by atoms with Crippen LogP contribution in [0.5, 0.6) is 5.75 Å². The van der Waals surface area contributed by atoms with Gasteiger partial charge >= 0.3 is 0 Å². The topological polar surface area (TPSA) is 54.5 Å². The molecule has 1 saturated heterocycles. The Morgan fingerprint density at radius 1 is 1.43 bits per heavy atom. The van der Waals surface area contributed by atoms with E-state index in [0.29, 0.717) is 12.6 Å². The lowest BCUT2D eigenvalue weighted by molar-refractivity contribution is -0.124. The fourth-order valence-corrected chi connectivity index (χ4v) is 4.03. The van der Waals surface area contributed by atoms with Gasteiger partial charge in [-0.25, -0.2) is 4.98 Å². The molecule has 1 unspecified atom stereocenters. The molecule has 122 valence electrons. The fraction of sp³-hybridized carbons (Fsp3) is 0.529. The number of fused-ring (bicyclic) bond motifs is 1. The van der Waals surface area contributed by atoms with Gasteiger partial charge in [-0.05, 0) is 38.3 Å². The minimum atomic E-state index is 0.0916. The van der Waals surface area contributed by atoms with Crippen LogP contribution in [0.3, 0.4) is 0 Å². The first-order chi connectivity index (χ1) is 11.2. The van der Waals surface area contributed by atoms with Crippen LogP contribution in [0.4, 0.5) is 5.13 Å². The van der Waals surface area contributed by atoms with E-state index >= 15 is 0 Å². The molecule has 1 amide bonds. The van der Waals surface area contributed by atoms with Crippen molar-refractivity contribution in [3.05, 3.63) is 18.2 Å². The third-order valence-corrected chi connectivity index (χ3v) is 5.51. The maximum Gasteiger partial charge on any atom is 0.225 e. The largest absolute Gasteiger partial charge is 0.492 e. The molecule has 6 heteroatoms. The van der Waals surface area contributed by atoms with E-state index in [4.69, 9.17) is 9.72 Å². The Morgan fingerprint density at radius 2 is 2.30 bits per heavy atom. The van der Waals surface area contributed by atoms with Gasteiger partial charge in [-0.3, -0.25) is 4.79 Å². The summed E-state index contributed by atoms with van der Waals surface area (Å²) < 4.78 is 6.80. The minimum absolute atomic E-state index is 0.0916. The molecule has 1 saturated carbocycles. The van der Waals surface area contributed by atoms with Gasteiger partial charge in [0.25, 0.3) is 0 Å². The van der Waals surface area contributed by atoms with Gasteiger partial charge in [0.15, 0.2) is 5.13 Å². The molecule has 23 heavy (non-hydrogen) atoms. The second-order valence-corrected chi connectivity index (χ2v) is 7.26. The van der Waals surface area contributed by atoms with Gasteiger partial charge in [-0.2, -0.15) is 0 Å². The summed E-state index contributed by atoms with van der Waals surface area (Å²) in [5, 5.41) is 4.11. The molecule has 1 atom stereocenters. The predicted molar refractivity (Wildman–Crippen MR) is 92.3 cm³/mol. The molecule has 1 aliphatic heterocycles. The van der Waals surface area contributed by atoms with E-state index in [-0.39, 0.29) is 11.8 Å². The number of hydrogen-bond donors (Lipinski definition) is 1. The molecule has 2 aliphatic rings. The van der Waals surface area contributed by atoms with Crippen LogP contribution >= 0.6 is 11.3 Å². The standard InChI is InChI=1S/C17H21N3O2S/c1-2-22-13-4-3-5-14-15(13)19-17(23-14)20-9-8-11(10-20)16(21)18-12-6-7-12/h3-5,11-12H,2,6-10H2,1H3,(H,18,21). The Bertz CT molecular complexity index is 726. The second-order valence-electron chi connectivity index (χ2n) is 6.25. The number of carbonyl (C=O) groups is 1. The van der Waals surface area contributed by atoms with Crippen molar-refractivity contribution in [3.8, 4) is 5.75 Å². The second kappa shape index (κ2) is 6.00. The van der Waals surface area contributed by atoms with Crippen molar-refractivity contribution in [3.63, 3.8) is 0 Å². The number of anilines is 1. The first kappa shape index (κ1) is 14.8. The summed E-state index contributed by atoms with van der Waals surface area (Å²) in [7, 11) is 0. The van der Waals surface area contributed by atoms with E-state index in [2.05, 4.69) is 16.3 Å². The third kappa shape index (κ3) is 3.00. The number of hydrogen-bond acceptors (Lipinski definition) is 5. The van der Waals surface area contributed by atoms with Crippen LogP contribution in [0.15, 0.2) is 18.2 Å². The maximum atomic E-state index is 12.2. The molecular weight excluding hydrogens is 310 g/mol. The van der Waals surface area contributed by atoms with Crippen LogP contribution in [0.25, 0.3) is 10.2 Å². The van der Waals surface area contributed by atoms with Crippen LogP contribution in [-0.4, -0.2) is 36.6 Å². The Balaban J connectivity index is 1.50. The highest BCUT2D eigenvalue weighted by atomic mass is 32.1. The van der Waals surface area contributed by atoms with Crippen molar-refractivity contribution in [2.24, 2.45) is 5.92 Å². The van der Waals surface area contributed by atoms with Crippen molar-refractivity contribution in [2.75, 3.05) is 24.6 Å². The molecule has 0 radical (unpaired) electrons. The summed E-state index contributed by atoms with van der Waals surface area (Å²) in [6.07, 6.45) is 3.19. The van der Waals surface area contributed by atoms with Gasteiger partial charge < -0.3 is 15.0 Å². The Labute approximate surface area is 139 Å². The summed E-state index contributed by atoms with van der Waals surface area (Å²) in [5.41, 5.74) is 0.931. The van der Waals surface area contributed by atoms with Gasteiger partial charge in [0, 0.05) is 19.1 Å². The zero-order chi connectivity index (χ0) is 15.8. The van der Waals surface area contributed by atoms with Crippen molar-refractivity contribution < 1.29 is 9.53 Å². The number of carbonyl (C=O) groups excluding carboxylic acids is 1. The molecular formula is C17H21N3O2S. The number of ether oxygens (including phenoxy) is 1. The van der Waals surface area contributed by atoms with Crippen molar-refractivity contribution in [1.82, 2.24) is 10.3 Å². The maximum absolute atomic E-state index is 12.2. The summed E-state index contributed by atoms with van der Waals surface area (Å²) in [4.78, 5) is 19.2. The highest BCUT2D eigenvalue weighted by Gasteiger charge is 2.33. The van der Waals surface area contributed by atoms with E-state index in [1.165, 1.54) is 0 Å². The van der Waals surface area contributed by atoms with Crippen LogP contribution < -0.4 is 15.0 Å². The van der Waals surface area contributed by atoms with Gasteiger partial charge in [-0.1, -0.05) is 17.4 Å². The van der Waals surface area contributed by atoms with E-state index in [1.807, 2.05) is 19.1 Å². The molecule has 0 bridgehead atoms.